The van der Waals surface area contributed by atoms with E-state index in [0.29, 0.717) is 22.4 Å². The van der Waals surface area contributed by atoms with Crippen molar-refractivity contribution >= 4 is 15.9 Å². The molecule has 6 heteroatoms. The number of rotatable bonds is 3. The molecule has 0 amide bonds. The Labute approximate surface area is 106 Å². The molecule has 0 aliphatic carbocycles. The number of aliphatic hydroxyl groups is 1. The minimum atomic E-state index is -4.68. The van der Waals surface area contributed by atoms with Crippen LogP contribution in [-0.2, 0) is 6.42 Å². The van der Waals surface area contributed by atoms with Crippen molar-refractivity contribution in [2.24, 2.45) is 5.92 Å². The largest absolute Gasteiger partial charge is 0.420 e. The van der Waals surface area contributed by atoms with Crippen molar-refractivity contribution in [3.63, 3.8) is 0 Å². The molecule has 1 heterocycles. The van der Waals surface area contributed by atoms with E-state index < -0.39 is 12.3 Å². The third kappa shape index (κ3) is 3.96. The highest BCUT2D eigenvalue weighted by Gasteiger charge is 2.40. The van der Waals surface area contributed by atoms with Gasteiger partial charge in [-0.25, -0.2) is 0 Å². The van der Waals surface area contributed by atoms with Crippen LogP contribution in [-0.4, -0.2) is 16.3 Å². The van der Waals surface area contributed by atoms with E-state index in [0.717, 1.165) is 0 Å². The van der Waals surface area contributed by atoms with Crippen LogP contribution < -0.4 is 0 Å². The van der Waals surface area contributed by atoms with E-state index in [-0.39, 0.29) is 5.69 Å². The summed E-state index contributed by atoms with van der Waals surface area (Å²) < 4.78 is 37.6. The van der Waals surface area contributed by atoms with E-state index in [1.165, 1.54) is 12.3 Å². The van der Waals surface area contributed by atoms with Gasteiger partial charge in [-0.15, -0.1) is 0 Å². The Balaban J connectivity index is 3.04. The zero-order valence-corrected chi connectivity index (χ0v) is 11.0. The predicted molar refractivity (Wildman–Crippen MR) is 61.5 cm³/mol. The van der Waals surface area contributed by atoms with E-state index >= 15 is 0 Å². The summed E-state index contributed by atoms with van der Waals surface area (Å²) in [5, 5.41) is 9.10. The van der Waals surface area contributed by atoms with Crippen molar-refractivity contribution in [3.05, 3.63) is 28.0 Å². The molecule has 0 spiro atoms. The molecule has 1 rings (SSSR count). The lowest BCUT2D eigenvalue weighted by molar-refractivity contribution is -0.208. The number of hydrogen-bond donors (Lipinski definition) is 1. The number of alkyl halides is 3. The van der Waals surface area contributed by atoms with Gasteiger partial charge in [-0.1, -0.05) is 13.8 Å². The normalized spacial score (nSPS) is 14.1. The minimum Gasteiger partial charge on any atom is -0.378 e. The van der Waals surface area contributed by atoms with Crippen LogP contribution in [0.5, 0.6) is 0 Å². The van der Waals surface area contributed by atoms with E-state index in [1.54, 1.807) is 0 Å². The Morgan fingerprint density at radius 1 is 1.41 bits per heavy atom. The van der Waals surface area contributed by atoms with Crippen LogP contribution in [0.25, 0.3) is 0 Å². The van der Waals surface area contributed by atoms with Gasteiger partial charge in [0.1, 0.15) is 0 Å². The fraction of sp³-hybridized carbons (Fsp3) is 0.545. The van der Waals surface area contributed by atoms with Crippen LogP contribution in [0.1, 0.15) is 31.2 Å². The molecule has 96 valence electrons. The topological polar surface area (TPSA) is 33.1 Å². The molecule has 0 fully saturated rings. The number of hydrogen-bond acceptors (Lipinski definition) is 2. The van der Waals surface area contributed by atoms with Gasteiger partial charge in [0, 0.05) is 10.7 Å². The first kappa shape index (κ1) is 14.4. The average Bonchev–Trinajstić information content (AvgIpc) is 2.18. The molecule has 0 aliphatic rings. The molecule has 0 aromatic carbocycles. The number of nitrogens with zero attached hydrogens (tertiary/aromatic N) is 1. The van der Waals surface area contributed by atoms with Crippen molar-refractivity contribution in [1.82, 2.24) is 4.98 Å². The second-order valence-electron chi connectivity index (χ2n) is 4.24. The average molecular weight is 312 g/mol. The van der Waals surface area contributed by atoms with Gasteiger partial charge in [0.2, 0.25) is 0 Å². The van der Waals surface area contributed by atoms with Crippen LogP contribution in [0.3, 0.4) is 0 Å². The van der Waals surface area contributed by atoms with Crippen molar-refractivity contribution in [1.29, 1.82) is 0 Å². The lowest BCUT2D eigenvalue weighted by atomic mass is 10.0. The van der Waals surface area contributed by atoms with Crippen molar-refractivity contribution in [2.45, 2.75) is 32.5 Å². The van der Waals surface area contributed by atoms with Crippen LogP contribution >= 0.6 is 15.9 Å². The van der Waals surface area contributed by atoms with Crippen LogP contribution in [0.4, 0.5) is 13.2 Å². The first-order chi connectivity index (χ1) is 7.71. The second-order valence-corrected chi connectivity index (χ2v) is 5.10. The zero-order chi connectivity index (χ0) is 13.2. The van der Waals surface area contributed by atoms with E-state index in [1.807, 2.05) is 13.8 Å². The Hall–Kier alpha value is -0.620. The lowest BCUT2D eigenvalue weighted by Gasteiger charge is -2.16. The summed E-state index contributed by atoms with van der Waals surface area (Å²) >= 11 is 3.23. The summed E-state index contributed by atoms with van der Waals surface area (Å²) in [6, 6.07) is 1.29. The quantitative estimate of drug-likeness (QED) is 0.924. The van der Waals surface area contributed by atoms with E-state index in [4.69, 9.17) is 5.11 Å². The van der Waals surface area contributed by atoms with Crippen molar-refractivity contribution < 1.29 is 18.3 Å². The van der Waals surface area contributed by atoms with E-state index in [9.17, 15) is 13.2 Å². The Kier molecular flexibility index (Phi) is 4.55. The van der Waals surface area contributed by atoms with Gasteiger partial charge >= 0.3 is 6.18 Å². The number of halogens is 4. The Morgan fingerprint density at radius 2 is 2.00 bits per heavy atom. The van der Waals surface area contributed by atoms with Crippen LogP contribution in [0.2, 0.25) is 0 Å². The third-order valence-corrected chi connectivity index (χ3v) is 2.89. The molecule has 0 bridgehead atoms. The van der Waals surface area contributed by atoms with Gasteiger partial charge in [-0.3, -0.25) is 4.98 Å². The minimum absolute atomic E-state index is 0.310. The summed E-state index contributed by atoms with van der Waals surface area (Å²) in [5.74, 6) is 0.310. The smallest absolute Gasteiger partial charge is 0.378 e. The first-order valence-electron chi connectivity index (χ1n) is 5.11. The third-order valence-electron chi connectivity index (χ3n) is 2.17. The van der Waals surface area contributed by atoms with Gasteiger partial charge in [0.15, 0.2) is 6.10 Å². The molecule has 1 unspecified atom stereocenters. The molecule has 1 N–H and O–H groups in total. The Morgan fingerprint density at radius 3 is 2.47 bits per heavy atom. The molecule has 0 saturated heterocycles. The highest BCUT2D eigenvalue weighted by atomic mass is 79.9. The van der Waals surface area contributed by atoms with Gasteiger partial charge < -0.3 is 5.11 Å². The van der Waals surface area contributed by atoms with Gasteiger partial charge in [-0.05, 0) is 39.9 Å². The SMILES string of the molecule is CC(C)Cc1cc(C(O)C(F)(F)F)ncc1Br. The summed E-state index contributed by atoms with van der Waals surface area (Å²) in [5.41, 5.74) is 0.352. The summed E-state index contributed by atoms with van der Waals surface area (Å²) in [6.07, 6.45) is -5.29. The van der Waals surface area contributed by atoms with Crippen LogP contribution in [0, 0.1) is 5.92 Å². The summed E-state index contributed by atoms with van der Waals surface area (Å²) in [4.78, 5) is 3.60. The fourth-order valence-corrected chi connectivity index (χ4v) is 1.79. The molecule has 2 nitrogen and oxygen atoms in total. The monoisotopic (exact) mass is 311 g/mol. The number of aromatic nitrogens is 1. The van der Waals surface area contributed by atoms with Crippen LogP contribution in [0.15, 0.2) is 16.7 Å². The number of pyridine rings is 1. The van der Waals surface area contributed by atoms with Gasteiger partial charge in [0.05, 0.1) is 5.69 Å². The molecule has 1 atom stereocenters. The second kappa shape index (κ2) is 5.35. The molecule has 17 heavy (non-hydrogen) atoms. The molecule has 1 aromatic heterocycles. The van der Waals surface area contributed by atoms with Gasteiger partial charge in [0.25, 0.3) is 0 Å². The standard InChI is InChI=1S/C11H13BrF3NO/c1-6(2)3-7-4-9(16-5-8(7)12)10(17)11(13,14)15/h4-6,10,17H,3H2,1-2H3. The zero-order valence-electron chi connectivity index (χ0n) is 9.42. The lowest BCUT2D eigenvalue weighted by Crippen LogP contribution is -2.21. The summed E-state index contributed by atoms with van der Waals surface area (Å²) in [6.45, 7) is 3.93. The van der Waals surface area contributed by atoms with Crippen molar-refractivity contribution in [2.75, 3.05) is 0 Å². The van der Waals surface area contributed by atoms with Gasteiger partial charge in [-0.2, -0.15) is 13.2 Å². The molecule has 0 aliphatic heterocycles. The Bertz CT molecular complexity index is 393. The maximum Gasteiger partial charge on any atom is 0.420 e. The molecule has 0 saturated carbocycles. The predicted octanol–water partition coefficient (Wildman–Crippen LogP) is 3.64. The fourth-order valence-electron chi connectivity index (χ4n) is 1.41. The highest BCUT2D eigenvalue weighted by Crippen LogP contribution is 2.32. The number of aliphatic hydroxyl groups excluding tert-OH is 1. The van der Waals surface area contributed by atoms with Crippen molar-refractivity contribution in [3.8, 4) is 0 Å². The van der Waals surface area contributed by atoms with E-state index in [2.05, 4.69) is 20.9 Å². The maximum absolute atomic E-state index is 12.3. The summed E-state index contributed by atoms with van der Waals surface area (Å²) in [7, 11) is 0. The molecular formula is C11H13BrF3NO. The molecule has 0 radical (unpaired) electrons. The molecule has 1 aromatic rings. The highest BCUT2D eigenvalue weighted by molar-refractivity contribution is 9.10. The first-order valence-corrected chi connectivity index (χ1v) is 5.90. The maximum atomic E-state index is 12.3. The molecular weight excluding hydrogens is 299 g/mol.